The number of hydrogen-bond acceptors (Lipinski definition) is 3. The number of likely N-dealkylation sites (N-methyl/N-ethyl adjacent to an activating group) is 1. The van der Waals surface area contributed by atoms with Gasteiger partial charge in [-0.1, -0.05) is 48.5 Å². The second-order valence-corrected chi connectivity index (χ2v) is 8.10. The van der Waals surface area contributed by atoms with Gasteiger partial charge >= 0.3 is 0 Å². The van der Waals surface area contributed by atoms with Crippen LogP contribution in [0.5, 0.6) is 11.5 Å². The number of fused-ring (bicyclic) bond motifs is 2. The number of ether oxygens (including phenoxy) is 1. The Balaban J connectivity index is 1.80. The van der Waals surface area contributed by atoms with Crippen molar-refractivity contribution in [2.75, 3.05) is 11.9 Å². The van der Waals surface area contributed by atoms with Gasteiger partial charge in [0.25, 0.3) is 0 Å². The van der Waals surface area contributed by atoms with E-state index in [1.54, 1.807) is 12.1 Å². The van der Waals surface area contributed by atoms with E-state index < -0.39 is 5.72 Å². The van der Waals surface area contributed by atoms with Gasteiger partial charge in [-0.25, -0.2) is 0 Å². The van der Waals surface area contributed by atoms with E-state index in [9.17, 15) is 5.11 Å². The van der Waals surface area contributed by atoms with Crippen LogP contribution >= 0.6 is 0 Å². The van der Waals surface area contributed by atoms with Gasteiger partial charge in [0.15, 0.2) is 0 Å². The van der Waals surface area contributed by atoms with E-state index in [-0.39, 0.29) is 11.2 Å². The molecule has 0 aromatic heterocycles. The van der Waals surface area contributed by atoms with E-state index in [2.05, 4.69) is 80.4 Å². The van der Waals surface area contributed by atoms with Crippen molar-refractivity contribution in [3.8, 4) is 11.5 Å². The Morgan fingerprint density at radius 2 is 1.61 bits per heavy atom. The molecule has 1 spiro atoms. The Labute approximate surface area is 165 Å². The van der Waals surface area contributed by atoms with Crippen LogP contribution in [0.3, 0.4) is 0 Å². The average Bonchev–Trinajstić information content (AvgIpc) is 2.87. The molecular formula is C25H23NO2. The van der Waals surface area contributed by atoms with Crippen LogP contribution < -0.4 is 9.64 Å². The average molecular weight is 369 g/mol. The fourth-order valence-electron chi connectivity index (χ4n) is 4.70. The monoisotopic (exact) mass is 369 g/mol. The van der Waals surface area contributed by atoms with Crippen molar-refractivity contribution in [3.63, 3.8) is 0 Å². The number of anilines is 1. The van der Waals surface area contributed by atoms with Crippen molar-refractivity contribution in [1.82, 2.24) is 0 Å². The van der Waals surface area contributed by atoms with E-state index in [1.807, 2.05) is 12.1 Å². The molecule has 1 N–H and O–H groups in total. The Kier molecular flexibility index (Phi) is 3.42. The third-order valence-corrected chi connectivity index (χ3v) is 6.28. The van der Waals surface area contributed by atoms with Gasteiger partial charge < -0.3 is 14.7 Å². The molecule has 0 bridgehead atoms. The topological polar surface area (TPSA) is 32.7 Å². The number of rotatable bonds is 1. The molecule has 3 aromatic rings. The molecule has 3 nitrogen and oxygen atoms in total. The normalized spacial score (nSPS) is 21.7. The highest BCUT2D eigenvalue weighted by atomic mass is 16.5. The lowest BCUT2D eigenvalue weighted by atomic mass is 9.74. The van der Waals surface area contributed by atoms with E-state index >= 15 is 0 Å². The fourth-order valence-corrected chi connectivity index (χ4v) is 4.70. The zero-order chi connectivity index (χ0) is 19.5. The van der Waals surface area contributed by atoms with Crippen LogP contribution in [0.25, 0.3) is 5.57 Å². The summed E-state index contributed by atoms with van der Waals surface area (Å²) in [4.78, 5) is 2.22. The zero-order valence-electron chi connectivity index (χ0n) is 16.3. The number of phenolic OH excluding ortho intramolecular Hbond substituents is 1. The van der Waals surface area contributed by atoms with Gasteiger partial charge in [0.05, 0.1) is 5.41 Å². The molecule has 140 valence electrons. The van der Waals surface area contributed by atoms with Gasteiger partial charge in [0, 0.05) is 24.4 Å². The first-order valence-electron chi connectivity index (χ1n) is 9.58. The molecule has 3 heteroatoms. The highest BCUT2D eigenvalue weighted by Crippen LogP contribution is 2.56. The first kappa shape index (κ1) is 16.9. The lowest BCUT2D eigenvalue weighted by Crippen LogP contribution is -2.58. The zero-order valence-corrected chi connectivity index (χ0v) is 16.3. The van der Waals surface area contributed by atoms with Crippen LogP contribution in [0.2, 0.25) is 0 Å². The third-order valence-electron chi connectivity index (χ3n) is 6.28. The number of para-hydroxylation sites is 1. The SMILES string of the molecule is CN1c2ccccc2C(C)(C)C12C=C(c1ccccc1)c1ccc(O)cc1O2. The van der Waals surface area contributed by atoms with Gasteiger partial charge in [-0.2, -0.15) is 0 Å². The minimum atomic E-state index is -0.692. The molecule has 28 heavy (non-hydrogen) atoms. The summed E-state index contributed by atoms with van der Waals surface area (Å²) in [6.45, 7) is 4.45. The summed E-state index contributed by atoms with van der Waals surface area (Å²) in [5.41, 5.74) is 4.69. The van der Waals surface area contributed by atoms with Crippen molar-refractivity contribution in [3.05, 3.63) is 95.6 Å². The Hall–Kier alpha value is -3.20. The number of hydrogen-bond donors (Lipinski definition) is 1. The van der Waals surface area contributed by atoms with Crippen molar-refractivity contribution in [2.24, 2.45) is 0 Å². The highest BCUT2D eigenvalue weighted by molar-refractivity contribution is 5.87. The maximum Gasteiger partial charge on any atom is 0.212 e. The predicted molar refractivity (Wildman–Crippen MR) is 113 cm³/mol. The van der Waals surface area contributed by atoms with Crippen LogP contribution in [0, 0.1) is 0 Å². The lowest BCUT2D eigenvalue weighted by molar-refractivity contribution is 0.0573. The molecule has 2 aliphatic heterocycles. The maximum absolute atomic E-state index is 10.1. The molecule has 0 fully saturated rings. The van der Waals surface area contributed by atoms with E-state index in [1.165, 1.54) is 11.3 Å². The van der Waals surface area contributed by atoms with Crippen LogP contribution in [0.4, 0.5) is 5.69 Å². The number of phenols is 1. The van der Waals surface area contributed by atoms with Gasteiger partial charge in [-0.05, 0) is 54.8 Å². The molecule has 0 saturated heterocycles. The van der Waals surface area contributed by atoms with Gasteiger partial charge in [0.2, 0.25) is 5.72 Å². The Bertz CT molecular complexity index is 1100. The Morgan fingerprint density at radius 3 is 2.36 bits per heavy atom. The van der Waals surface area contributed by atoms with Gasteiger partial charge in [-0.3, -0.25) is 0 Å². The molecule has 5 rings (SSSR count). The molecule has 0 saturated carbocycles. The molecule has 0 amide bonds. The lowest BCUT2D eigenvalue weighted by Gasteiger charge is -2.47. The van der Waals surface area contributed by atoms with E-state index in [0.717, 1.165) is 16.7 Å². The third kappa shape index (κ3) is 2.10. The summed E-state index contributed by atoms with van der Waals surface area (Å²) in [7, 11) is 2.08. The van der Waals surface area contributed by atoms with Crippen LogP contribution in [-0.2, 0) is 5.41 Å². The van der Waals surface area contributed by atoms with Crippen molar-refractivity contribution >= 4 is 11.3 Å². The summed E-state index contributed by atoms with van der Waals surface area (Å²) in [6.07, 6.45) is 2.25. The summed E-state index contributed by atoms with van der Waals surface area (Å²) in [6, 6.07) is 24.2. The molecule has 1 atom stereocenters. The molecule has 3 aromatic carbocycles. The summed E-state index contributed by atoms with van der Waals surface area (Å²) in [5.74, 6) is 0.910. The molecule has 0 radical (unpaired) electrons. The van der Waals surface area contributed by atoms with Crippen LogP contribution in [0.1, 0.15) is 30.5 Å². The number of nitrogens with zero attached hydrogens (tertiary/aromatic N) is 1. The highest BCUT2D eigenvalue weighted by Gasteiger charge is 2.58. The summed E-state index contributed by atoms with van der Waals surface area (Å²) in [5, 5.41) is 10.1. The van der Waals surface area contributed by atoms with Crippen molar-refractivity contribution in [1.29, 1.82) is 0 Å². The second kappa shape index (κ2) is 5.65. The smallest absolute Gasteiger partial charge is 0.212 e. The van der Waals surface area contributed by atoms with E-state index in [0.29, 0.717) is 5.75 Å². The molecule has 2 aliphatic rings. The van der Waals surface area contributed by atoms with Gasteiger partial charge in [0.1, 0.15) is 11.5 Å². The first-order valence-corrected chi connectivity index (χ1v) is 9.58. The largest absolute Gasteiger partial charge is 0.508 e. The summed E-state index contributed by atoms with van der Waals surface area (Å²) < 4.78 is 6.71. The van der Waals surface area contributed by atoms with Crippen LogP contribution in [-0.4, -0.2) is 17.9 Å². The maximum atomic E-state index is 10.1. The quantitative estimate of drug-likeness (QED) is 0.628. The second-order valence-electron chi connectivity index (χ2n) is 8.10. The number of benzene rings is 3. The van der Waals surface area contributed by atoms with Crippen molar-refractivity contribution < 1.29 is 9.84 Å². The number of aromatic hydroxyl groups is 1. The van der Waals surface area contributed by atoms with Crippen molar-refractivity contribution in [2.45, 2.75) is 25.0 Å². The minimum absolute atomic E-state index is 0.208. The standard InChI is InChI=1S/C25H23NO2/c1-24(2)21-11-7-8-12-22(21)26(3)25(24)16-20(17-9-5-4-6-10-17)19-14-13-18(27)15-23(19)28-25/h4-16,27H,1-3H3. The molecule has 2 heterocycles. The fraction of sp³-hybridized carbons (Fsp3) is 0.200. The van der Waals surface area contributed by atoms with Gasteiger partial charge in [-0.15, -0.1) is 0 Å². The Morgan fingerprint density at radius 1 is 0.893 bits per heavy atom. The van der Waals surface area contributed by atoms with Crippen LogP contribution in [0.15, 0.2) is 78.9 Å². The first-order chi connectivity index (χ1) is 13.4. The minimum Gasteiger partial charge on any atom is -0.508 e. The predicted octanol–water partition coefficient (Wildman–Crippen LogP) is 5.34. The molecule has 1 unspecified atom stereocenters. The molecular weight excluding hydrogens is 346 g/mol. The summed E-state index contributed by atoms with van der Waals surface area (Å²) >= 11 is 0. The van der Waals surface area contributed by atoms with E-state index in [4.69, 9.17) is 4.74 Å². The molecule has 0 aliphatic carbocycles.